The second-order valence-corrected chi connectivity index (χ2v) is 4.45. The van der Waals surface area contributed by atoms with E-state index in [4.69, 9.17) is 11.6 Å². The highest BCUT2D eigenvalue weighted by Crippen LogP contribution is 2.28. The number of carbonyl (C=O) groups is 2. The Morgan fingerprint density at radius 1 is 1.33 bits per heavy atom. The second-order valence-electron chi connectivity index (χ2n) is 4.07. The van der Waals surface area contributed by atoms with Crippen LogP contribution >= 0.6 is 11.6 Å². The third-order valence-corrected chi connectivity index (χ3v) is 3.14. The molecule has 1 aromatic rings. The molecule has 2 rings (SSSR count). The number of benzene rings is 1. The molecule has 0 spiro atoms. The van der Waals surface area contributed by atoms with Crippen LogP contribution in [0.4, 0.5) is 14.5 Å². The molecular formula is C12H10ClF2NO2. The van der Waals surface area contributed by atoms with Gasteiger partial charge in [-0.2, -0.15) is 0 Å². The van der Waals surface area contributed by atoms with Crippen molar-refractivity contribution < 1.29 is 18.4 Å². The number of piperidine rings is 1. The number of hydrogen-bond donors (Lipinski definition) is 0. The molecule has 1 aliphatic rings. The lowest BCUT2D eigenvalue weighted by atomic mass is 10.0. The van der Waals surface area contributed by atoms with Crippen molar-refractivity contribution >= 4 is 28.4 Å². The maximum atomic E-state index is 13.2. The molecule has 0 radical (unpaired) electrons. The van der Waals surface area contributed by atoms with E-state index < -0.39 is 22.9 Å². The van der Waals surface area contributed by atoms with E-state index in [1.165, 1.54) is 6.07 Å². The van der Waals surface area contributed by atoms with E-state index in [2.05, 4.69) is 0 Å². The van der Waals surface area contributed by atoms with Gasteiger partial charge in [0.05, 0.1) is 0 Å². The summed E-state index contributed by atoms with van der Waals surface area (Å²) in [7, 11) is 0. The molecule has 1 amide bonds. The molecule has 1 aliphatic heterocycles. The molecule has 96 valence electrons. The quantitative estimate of drug-likeness (QED) is 0.777. The molecule has 1 fully saturated rings. The number of rotatable bonds is 2. The number of carbonyl (C=O) groups excluding carboxylic acids is 2. The molecule has 0 saturated carbocycles. The van der Waals surface area contributed by atoms with E-state index in [1.807, 2.05) is 0 Å². The smallest absolute Gasteiger partial charge is 0.244 e. The van der Waals surface area contributed by atoms with Crippen molar-refractivity contribution in [3.05, 3.63) is 29.8 Å². The van der Waals surface area contributed by atoms with Crippen molar-refractivity contribution in [1.29, 1.82) is 0 Å². The summed E-state index contributed by atoms with van der Waals surface area (Å²) in [5.41, 5.74) is 0.151. The molecule has 1 heterocycles. The fraction of sp³-hybridized carbons (Fsp3) is 0.333. The number of halogens is 3. The monoisotopic (exact) mass is 273 g/mol. The van der Waals surface area contributed by atoms with E-state index in [0.29, 0.717) is 12.8 Å². The van der Waals surface area contributed by atoms with E-state index in [1.54, 1.807) is 0 Å². The Labute approximate surface area is 107 Å². The minimum absolute atomic E-state index is 0.151. The average molecular weight is 274 g/mol. The largest absolute Gasteiger partial charge is 0.300 e. The van der Waals surface area contributed by atoms with Crippen molar-refractivity contribution in [3.63, 3.8) is 0 Å². The Balaban J connectivity index is 2.40. The Kier molecular flexibility index (Phi) is 3.61. The second kappa shape index (κ2) is 5.02. The van der Waals surface area contributed by atoms with Crippen molar-refractivity contribution in [1.82, 2.24) is 0 Å². The minimum atomic E-state index is -1.06. The van der Waals surface area contributed by atoms with E-state index >= 15 is 0 Å². The van der Waals surface area contributed by atoms with Crippen molar-refractivity contribution in [3.8, 4) is 0 Å². The summed E-state index contributed by atoms with van der Waals surface area (Å²) < 4.78 is 26.0. The number of hydrogen-bond acceptors (Lipinski definition) is 2. The van der Waals surface area contributed by atoms with Crippen LogP contribution in [-0.2, 0) is 9.59 Å². The molecule has 0 aromatic heterocycles. The zero-order valence-corrected chi connectivity index (χ0v) is 10.1. The molecule has 1 aromatic carbocycles. The van der Waals surface area contributed by atoms with Gasteiger partial charge < -0.3 is 4.90 Å². The van der Waals surface area contributed by atoms with Gasteiger partial charge in [0, 0.05) is 18.2 Å². The molecule has 1 atom stereocenters. The lowest BCUT2D eigenvalue weighted by Crippen LogP contribution is -2.47. The number of anilines is 1. The van der Waals surface area contributed by atoms with E-state index in [9.17, 15) is 18.4 Å². The van der Waals surface area contributed by atoms with Gasteiger partial charge >= 0.3 is 0 Å². The van der Waals surface area contributed by atoms with Gasteiger partial charge in [-0.3, -0.25) is 9.59 Å². The first kappa shape index (κ1) is 13.0. The van der Waals surface area contributed by atoms with Crippen LogP contribution in [0.15, 0.2) is 18.2 Å². The molecule has 0 bridgehead atoms. The predicted molar refractivity (Wildman–Crippen MR) is 62.3 cm³/mol. The van der Waals surface area contributed by atoms with Crippen LogP contribution < -0.4 is 4.90 Å². The zero-order chi connectivity index (χ0) is 13.3. The molecule has 18 heavy (non-hydrogen) atoms. The first-order chi connectivity index (χ1) is 8.50. The van der Waals surface area contributed by atoms with Crippen LogP contribution in [0.2, 0.25) is 0 Å². The molecule has 3 nitrogen and oxygen atoms in total. The van der Waals surface area contributed by atoms with Crippen LogP contribution in [0.1, 0.15) is 19.3 Å². The molecule has 1 saturated heterocycles. The normalized spacial score (nSPS) is 20.1. The highest BCUT2D eigenvalue weighted by molar-refractivity contribution is 6.65. The Bertz CT molecular complexity index is 507. The summed E-state index contributed by atoms with van der Waals surface area (Å²) in [5, 5.41) is -0.673. The lowest BCUT2D eigenvalue weighted by Gasteiger charge is -2.33. The molecule has 0 N–H and O–H groups in total. The Hall–Kier alpha value is -1.49. The topological polar surface area (TPSA) is 37.4 Å². The number of amides is 1. The highest BCUT2D eigenvalue weighted by Gasteiger charge is 2.33. The fourth-order valence-corrected chi connectivity index (χ4v) is 2.25. The Morgan fingerprint density at radius 3 is 2.67 bits per heavy atom. The summed E-state index contributed by atoms with van der Waals surface area (Å²) in [6, 6.07) is 2.26. The van der Waals surface area contributed by atoms with Gasteiger partial charge in [0.15, 0.2) is 11.6 Å². The molecule has 0 aliphatic carbocycles. The zero-order valence-electron chi connectivity index (χ0n) is 9.33. The van der Waals surface area contributed by atoms with Crippen molar-refractivity contribution in [2.24, 2.45) is 0 Å². The van der Waals surface area contributed by atoms with Gasteiger partial charge in [0.1, 0.15) is 6.04 Å². The predicted octanol–water partition coefficient (Wildman–Crippen LogP) is 2.62. The van der Waals surface area contributed by atoms with Gasteiger partial charge in [0.25, 0.3) is 0 Å². The van der Waals surface area contributed by atoms with E-state index in [-0.39, 0.29) is 18.0 Å². The lowest BCUT2D eigenvalue weighted by molar-refractivity contribution is -0.123. The van der Waals surface area contributed by atoms with Gasteiger partial charge in [-0.15, -0.1) is 0 Å². The summed E-state index contributed by atoms with van der Waals surface area (Å²) in [4.78, 5) is 24.2. The van der Waals surface area contributed by atoms with Gasteiger partial charge in [-0.25, -0.2) is 8.78 Å². The van der Waals surface area contributed by atoms with Gasteiger partial charge in [-0.05, 0) is 36.6 Å². The Morgan fingerprint density at radius 2 is 2.06 bits per heavy atom. The maximum Gasteiger partial charge on any atom is 0.244 e. The maximum absolute atomic E-state index is 13.2. The third kappa shape index (κ3) is 2.36. The summed E-state index contributed by atoms with van der Waals surface area (Å²) >= 11 is 5.44. The summed E-state index contributed by atoms with van der Waals surface area (Å²) in [5.74, 6) is -2.38. The summed E-state index contributed by atoms with van der Waals surface area (Å²) in [6.45, 7) is 0. The van der Waals surface area contributed by atoms with Crippen LogP contribution in [0.25, 0.3) is 0 Å². The summed E-state index contributed by atoms with van der Waals surface area (Å²) in [6.07, 6.45) is 1.24. The third-order valence-electron chi connectivity index (χ3n) is 2.89. The molecule has 6 heteroatoms. The van der Waals surface area contributed by atoms with Crippen molar-refractivity contribution in [2.75, 3.05) is 4.90 Å². The van der Waals surface area contributed by atoms with Crippen molar-refractivity contribution in [2.45, 2.75) is 25.3 Å². The van der Waals surface area contributed by atoms with Crippen LogP contribution in [0.3, 0.4) is 0 Å². The van der Waals surface area contributed by atoms with Crippen LogP contribution in [0, 0.1) is 11.6 Å². The van der Waals surface area contributed by atoms with Gasteiger partial charge in [0.2, 0.25) is 11.1 Å². The van der Waals surface area contributed by atoms with Crippen LogP contribution in [0.5, 0.6) is 0 Å². The fourth-order valence-electron chi connectivity index (χ4n) is 2.04. The highest BCUT2D eigenvalue weighted by atomic mass is 35.5. The molecule has 0 unspecified atom stereocenters. The average Bonchev–Trinajstić information content (AvgIpc) is 2.32. The first-order valence-electron chi connectivity index (χ1n) is 5.47. The minimum Gasteiger partial charge on any atom is -0.300 e. The molecular weight excluding hydrogens is 264 g/mol. The van der Waals surface area contributed by atoms with Gasteiger partial charge in [-0.1, -0.05) is 0 Å². The SMILES string of the molecule is O=C(Cl)[C@@H]1CCCC(=O)N1c1ccc(F)c(F)c1. The van der Waals surface area contributed by atoms with E-state index in [0.717, 1.165) is 17.0 Å². The number of nitrogens with zero attached hydrogens (tertiary/aromatic N) is 1. The first-order valence-corrected chi connectivity index (χ1v) is 5.85. The van der Waals surface area contributed by atoms with Crippen LogP contribution in [-0.4, -0.2) is 17.2 Å². The standard InChI is InChI=1S/C12H10ClF2NO2/c13-12(18)10-2-1-3-11(17)16(10)7-4-5-8(14)9(15)6-7/h4-6,10H,1-3H2/t10-/m0/s1.